The van der Waals surface area contributed by atoms with E-state index in [2.05, 4.69) is 6.07 Å². The molecule has 2 heterocycles. The van der Waals surface area contributed by atoms with E-state index in [1.165, 1.54) is 12.1 Å². The van der Waals surface area contributed by atoms with Gasteiger partial charge in [0.05, 0.1) is 56.2 Å². The predicted molar refractivity (Wildman–Crippen MR) is 236 cm³/mol. The first-order chi connectivity index (χ1) is 29.8. The van der Waals surface area contributed by atoms with E-state index in [4.69, 9.17) is 0 Å². The SMILES string of the molecule is Cc1ccc(-c2ccc3c4ccccc4n(-c4cc(C#N)cc(-n5c6ccccc6c6ccc(-c7ccc(C)cc7)cc65)c4-c4cc(C(F)(F)F)ccc4C(F)(F)F)c3c2)cc1. The van der Waals surface area contributed by atoms with Gasteiger partial charge in [-0.15, -0.1) is 0 Å². The number of hydrogen-bond acceptors (Lipinski definition) is 1. The Balaban J connectivity index is 1.41. The second-order valence-electron chi connectivity index (χ2n) is 15.7. The molecule has 9 heteroatoms. The molecule has 0 aliphatic carbocycles. The number of hydrogen-bond donors (Lipinski definition) is 0. The second kappa shape index (κ2) is 14.3. The lowest BCUT2D eigenvalue weighted by Gasteiger charge is -2.24. The quantitative estimate of drug-likeness (QED) is 0.159. The Kier molecular flexibility index (Phi) is 8.89. The fraction of sp³-hybridized carbons (Fsp3) is 0.0755. The van der Waals surface area contributed by atoms with Gasteiger partial charge in [-0.2, -0.15) is 31.6 Å². The zero-order valence-corrected chi connectivity index (χ0v) is 33.2. The van der Waals surface area contributed by atoms with Gasteiger partial charge < -0.3 is 9.13 Å². The Hall–Kier alpha value is -7.57. The number of para-hydroxylation sites is 2. The molecule has 0 aliphatic rings. The van der Waals surface area contributed by atoms with Gasteiger partial charge in [0.15, 0.2) is 0 Å². The van der Waals surface area contributed by atoms with Gasteiger partial charge in [-0.1, -0.05) is 120 Å². The number of aryl methyl sites for hydroxylation is 2. The van der Waals surface area contributed by atoms with Crippen LogP contribution in [0.4, 0.5) is 26.3 Å². The molecule has 0 N–H and O–H groups in total. The van der Waals surface area contributed by atoms with Gasteiger partial charge >= 0.3 is 12.4 Å². The maximum Gasteiger partial charge on any atom is 0.417 e. The molecule has 0 aliphatic heterocycles. The highest BCUT2D eigenvalue weighted by molar-refractivity contribution is 6.13. The highest BCUT2D eigenvalue weighted by Crippen LogP contribution is 2.48. The van der Waals surface area contributed by atoms with E-state index < -0.39 is 29.0 Å². The molecule has 2 aromatic heterocycles. The number of benzene rings is 8. The topological polar surface area (TPSA) is 33.6 Å². The minimum atomic E-state index is -5.07. The molecular formula is C53H33F6N3. The molecule has 62 heavy (non-hydrogen) atoms. The molecule has 0 amide bonds. The van der Waals surface area contributed by atoms with Gasteiger partial charge in [-0.25, -0.2) is 0 Å². The Labute approximate surface area is 351 Å². The largest absolute Gasteiger partial charge is 0.417 e. The van der Waals surface area contributed by atoms with Crippen LogP contribution in [0.5, 0.6) is 0 Å². The van der Waals surface area contributed by atoms with E-state index in [-0.39, 0.29) is 22.5 Å². The van der Waals surface area contributed by atoms with Crippen LogP contribution in [0.2, 0.25) is 0 Å². The van der Waals surface area contributed by atoms with Crippen LogP contribution in [0.15, 0.2) is 164 Å². The monoisotopic (exact) mass is 825 g/mol. The number of nitriles is 1. The summed E-state index contributed by atoms with van der Waals surface area (Å²) < 4.78 is 94.2. The molecule has 10 rings (SSSR count). The van der Waals surface area contributed by atoms with Crippen molar-refractivity contribution in [1.82, 2.24) is 9.13 Å². The summed E-state index contributed by atoms with van der Waals surface area (Å²) in [6.45, 7) is 3.96. The van der Waals surface area contributed by atoms with Crippen LogP contribution in [0.25, 0.3) is 88.4 Å². The Morgan fingerprint density at radius 1 is 0.435 bits per heavy atom. The maximum atomic E-state index is 15.5. The van der Waals surface area contributed by atoms with Gasteiger partial charge in [-0.05, 0) is 96.3 Å². The molecule has 0 unspecified atom stereocenters. The van der Waals surface area contributed by atoms with E-state index >= 15 is 13.2 Å². The molecule has 0 fully saturated rings. The van der Waals surface area contributed by atoms with Gasteiger partial charge in [0.1, 0.15) is 0 Å². The fourth-order valence-corrected chi connectivity index (χ4v) is 8.79. The zero-order chi connectivity index (χ0) is 43.1. The van der Waals surface area contributed by atoms with E-state index in [9.17, 15) is 18.4 Å². The minimum absolute atomic E-state index is 0.0977. The average Bonchev–Trinajstić information content (AvgIpc) is 3.77. The van der Waals surface area contributed by atoms with E-state index in [0.717, 1.165) is 54.9 Å². The average molecular weight is 826 g/mol. The van der Waals surface area contributed by atoms with Crippen molar-refractivity contribution in [2.45, 2.75) is 26.2 Å². The van der Waals surface area contributed by atoms with Gasteiger partial charge in [-0.3, -0.25) is 0 Å². The van der Waals surface area contributed by atoms with Gasteiger partial charge in [0.2, 0.25) is 0 Å². The highest BCUT2D eigenvalue weighted by Gasteiger charge is 2.39. The lowest BCUT2D eigenvalue weighted by Crippen LogP contribution is -2.13. The van der Waals surface area contributed by atoms with Crippen molar-refractivity contribution in [1.29, 1.82) is 5.26 Å². The number of aromatic nitrogens is 2. The van der Waals surface area contributed by atoms with Crippen molar-refractivity contribution in [2.24, 2.45) is 0 Å². The van der Waals surface area contributed by atoms with Gasteiger partial charge in [0.25, 0.3) is 0 Å². The van der Waals surface area contributed by atoms with Crippen LogP contribution in [0, 0.1) is 25.2 Å². The number of fused-ring (bicyclic) bond motifs is 6. The van der Waals surface area contributed by atoms with E-state index in [1.807, 2.05) is 135 Å². The third-order valence-electron chi connectivity index (χ3n) is 11.7. The van der Waals surface area contributed by atoms with Crippen LogP contribution in [0.1, 0.15) is 27.8 Å². The molecule has 0 atom stereocenters. The summed E-state index contributed by atoms with van der Waals surface area (Å²) in [5.41, 5.74) is 4.94. The lowest BCUT2D eigenvalue weighted by atomic mass is 9.92. The molecule has 302 valence electrons. The third kappa shape index (κ3) is 6.38. The predicted octanol–water partition coefficient (Wildman–Crippen LogP) is 15.4. The molecule has 10 aromatic rings. The molecule has 0 spiro atoms. The minimum Gasteiger partial charge on any atom is -0.308 e. The van der Waals surface area contributed by atoms with Crippen LogP contribution in [-0.4, -0.2) is 9.13 Å². The summed E-state index contributed by atoms with van der Waals surface area (Å²) >= 11 is 0. The molecule has 8 aromatic carbocycles. The summed E-state index contributed by atoms with van der Waals surface area (Å²) in [6.07, 6.45) is -10.0. The normalized spacial score (nSPS) is 12.2. The van der Waals surface area contributed by atoms with Crippen LogP contribution in [-0.2, 0) is 12.4 Å². The molecule has 3 nitrogen and oxygen atoms in total. The molecule has 0 bridgehead atoms. The van der Waals surface area contributed by atoms with Crippen molar-refractivity contribution in [3.05, 3.63) is 192 Å². The number of nitrogens with zero attached hydrogens (tertiary/aromatic N) is 3. The first kappa shape index (κ1) is 38.6. The Morgan fingerprint density at radius 3 is 1.31 bits per heavy atom. The van der Waals surface area contributed by atoms with Crippen molar-refractivity contribution in [3.63, 3.8) is 0 Å². The molecule has 0 saturated carbocycles. The summed E-state index contributed by atoms with van der Waals surface area (Å²) in [4.78, 5) is 0. The number of rotatable bonds is 5. The van der Waals surface area contributed by atoms with Crippen molar-refractivity contribution < 1.29 is 26.3 Å². The first-order valence-electron chi connectivity index (χ1n) is 19.9. The molecular weight excluding hydrogens is 793 g/mol. The molecule has 0 saturated heterocycles. The fourth-order valence-electron chi connectivity index (χ4n) is 8.79. The van der Waals surface area contributed by atoms with Crippen LogP contribution in [0.3, 0.4) is 0 Å². The van der Waals surface area contributed by atoms with Crippen molar-refractivity contribution >= 4 is 43.6 Å². The summed E-state index contributed by atoms with van der Waals surface area (Å²) in [7, 11) is 0. The number of halogens is 6. The van der Waals surface area contributed by atoms with Crippen LogP contribution >= 0.6 is 0 Å². The van der Waals surface area contributed by atoms with Crippen molar-refractivity contribution in [2.75, 3.05) is 0 Å². The van der Waals surface area contributed by atoms with Crippen molar-refractivity contribution in [3.8, 4) is 50.8 Å². The summed E-state index contributed by atoms with van der Waals surface area (Å²) in [5.74, 6) is 0. The molecule has 0 radical (unpaired) electrons. The van der Waals surface area contributed by atoms with Gasteiger partial charge in [0, 0.05) is 27.1 Å². The highest BCUT2D eigenvalue weighted by atomic mass is 19.4. The Bertz CT molecular complexity index is 3270. The van der Waals surface area contributed by atoms with E-state index in [1.54, 1.807) is 21.3 Å². The third-order valence-corrected chi connectivity index (χ3v) is 11.7. The standard InChI is InChI=1S/C53H33F6N3/c1-31-11-15-34(16-12-31)36-19-22-41-39-7-3-5-9-45(39)61(47(41)27-36)49-25-33(30-60)26-50(51(49)43-29-38(52(54,55)56)21-24-44(43)53(57,58)59)62-46-10-6-4-8-40(46)42-23-20-37(28-48(42)62)35-17-13-32(2)14-18-35/h3-29H,1-2H3. The smallest absolute Gasteiger partial charge is 0.308 e. The van der Waals surface area contributed by atoms with Crippen LogP contribution < -0.4 is 0 Å². The first-order valence-corrected chi connectivity index (χ1v) is 19.9. The Morgan fingerprint density at radius 2 is 0.871 bits per heavy atom. The summed E-state index contributed by atoms with van der Waals surface area (Å²) in [6, 6.07) is 49.1. The second-order valence-corrected chi connectivity index (χ2v) is 15.7. The summed E-state index contributed by atoms with van der Waals surface area (Å²) in [5, 5.41) is 13.8. The lowest BCUT2D eigenvalue weighted by molar-refractivity contribution is -0.141. The maximum absolute atomic E-state index is 15.5. The van der Waals surface area contributed by atoms with E-state index in [0.29, 0.717) is 40.3 Å². The zero-order valence-electron chi connectivity index (χ0n) is 33.2. The number of alkyl halides is 6.